The van der Waals surface area contributed by atoms with Crippen LogP contribution in [0.1, 0.15) is 30.1 Å². The Bertz CT molecular complexity index is 876. The number of rotatable bonds is 5. The Hall–Kier alpha value is -3.15. The van der Waals surface area contributed by atoms with Crippen LogP contribution >= 0.6 is 0 Å². The largest absolute Gasteiger partial charge is 0.469 e. The van der Waals surface area contributed by atoms with Crippen LogP contribution in [0.2, 0.25) is 0 Å². The zero-order chi connectivity index (χ0) is 20.1. The molecule has 1 atom stereocenters. The number of Topliss-reactive ketones (excluding diaryl/α,β-unsaturated/α-hetero) is 1. The van der Waals surface area contributed by atoms with Crippen molar-refractivity contribution in [1.29, 1.82) is 0 Å². The van der Waals surface area contributed by atoms with Gasteiger partial charge in [-0.05, 0) is 48.6 Å². The number of anilines is 1. The lowest BCUT2D eigenvalue weighted by atomic mass is 10.0. The minimum atomic E-state index is -0.239. The Labute approximate surface area is 164 Å². The first-order valence-corrected chi connectivity index (χ1v) is 9.30. The zero-order valence-corrected chi connectivity index (χ0v) is 16.1. The summed E-state index contributed by atoms with van der Waals surface area (Å²) >= 11 is 0. The van der Waals surface area contributed by atoms with Gasteiger partial charge in [0.05, 0.1) is 13.5 Å². The average Bonchev–Trinajstić information content (AvgIpc) is 3.17. The molecule has 1 aliphatic heterocycles. The summed E-state index contributed by atoms with van der Waals surface area (Å²) in [4.78, 5) is 37.1. The number of amides is 2. The van der Waals surface area contributed by atoms with Crippen LogP contribution in [0.5, 0.6) is 0 Å². The maximum atomic E-state index is 12.5. The van der Waals surface area contributed by atoms with Gasteiger partial charge in [-0.3, -0.25) is 9.59 Å². The van der Waals surface area contributed by atoms with Gasteiger partial charge in [-0.15, -0.1) is 0 Å². The third kappa shape index (κ3) is 4.76. The lowest BCUT2D eigenvalue weighted by Crippen LogP contribution is -2.33. The predicted molar refractivity (Wildman–Crippen MR) is 107 cm³/mol. The van der Waals surface area contributed by atoms with Crippen molar-refractivity contribution in [1.82, 2.24) is 4.90 Å². The minimum absolute atomic E-state index is 0.0295. The first-order chi connectivity index (χ1) is 13.5. The van der Waals surface area contributed by atoms with Crippen LogP contribution in [0.3, 0.4) is 0 Å². The number of likely N-dealkylation sites (tertiary alicyclic amines) is 1. The van der Waals surface area contributed by atoms with E-state index in [4.69, 9.17) is 4.74 Å². The van der Waals surface area contributed by atoms with Crippen LogP contribution in [-0.2, 0) is 9.53 Å². The van der Waals surface area contributed by atoms with E-state index in [0.717, 1.165) is 17.5 Å². The molecular weight excluding hydrogens is 356 g/mol. The van der Waals surface area contributed by atoms with Gasteiger partial charge in [0.1, 0.15) is 0 Å². The van der Waals surface area contributed by atoms with Gasteiger partial charge in [0.2, 0.25) is 0 Å². The van der Waals surface area contributed by atoms with E-state index in [-0.39, 0.29) is 23.7 Å². The summed E-state index contributed by atoms with van der Waals surface area (Å²) in [6, 6.07) is 14.8. The number of benzene rings is 2. The second kappa shape index (κ2) is 8.69. The molecule has 28 heavy (non-hydrogen) atoms. The number of ether oxygens (including phenoxy) is 1. The molecule has 2 aromatic rings. The molecule has 2 aromatic carbocycles. The Morgan fingerprint density at radius 1 is 1.11 bits per heavy atom. The van der Waals surface area contributed by atoms with Gasteiger partial charge in [0.25, 0.3) is 0 Å². The molecule has 1 saturated heterocycles. The number of hydrogen-bond acceptors (Lipinski definition) is 4. The van der Waals surface area contributed by atoms with Gasteiger partial charge < -0.3 is 15.0 Å². The van der Waals surface area contributed by atoms with Crippen molar-refractivity contribution >= 4 is 23.5 Å². The number of hydrogen-bond donors (Lipinski definition) is 1. The number of urea groups is 1. The number of carbonyl (C=O) groups excluding carboxylic acids is 3. The monoisotopic (exact) mass is 380 g/mol. The molecule has 6 nitrogen and oxygen atoms in total. The standard InChI is InChI=1S/C22H24N2O4/c1-15(25)18-4-3-5-19(13-18)17-6-8-20(9-7-17)23-22(27)24-11-10-16(14-24)12-21(26)28-2/h3-9,13,16H,10-12,14H2,1-2H3,(H,23,27)/t16-/m1/s1. The highest BCUT2D eigenvalue weighted by molar-refractivity contribution is 5.95. The van der Waals surface area contributed by atoms with Crippen LogP contribution in [-0.4, -0.2) is 42.9 Å². The summed E-state index contributed by atoms with van der Waals surface area (Å²) in [6.07, 6.45) is 1.14. The molecule has 0 bridgehead atoms. The Kier molecular flexibility index (Phi) is 6.09. The lowest BCUT2D eigenvalue weighted by Gasteiger charge is -2.17. The van der Waals surface area contributed by atoms with Crippen LogP contribution in [0.4, 0.5) is 10.5 Å². The fraction of sp³-hybridized carbons (Fsp3) is 0.318. The summed E-state index contributed by atoms with van der Waals surface area (Å²) < 4.78 is 4.69. The highest BCUT2D eigenvalue weighted by Crippen LogP contribution is 2.24. The van der Waals surface area contributed by atoms with Gasteiger partial charge in [-0.1, -0.05) is 30.3 Å². The second-order valence-electron chi connectivity index (χ2n) is 7.03. The summed E-state index contributed by atoms with van der Waals surface area (Å²) in [5.41, 5.74) is 3.30. The quantitative estimate of drug-likeness (QED) is 0.629. The van der Waals surface area contributed by atoms with E-state index in [2.05, 4.69) is 5.32 Å². The Morgan fingerprint density at radius 3 is 2.54 bits per heavy atom. The molecule has 6 heteroatoms. The van der Waals surface area contributed by atoms with Crippen LogP contribution in [0.25, 0.3) is 11.1 Å². The van der Waals surface area contributed by atoms with Gasteiger partial charge in [0, 0.05) is 24.3 Å². The van der Waals surface area contributed by atoms with Gasteiger partial charge in [-0.25, -0.2) is 4.79 Å². The molecule has 0 unspecified atom stereocenters. The number of nitrogens with one attached hydrogen (secondary N) is 1. The van der Waals surface area contributed by atoms with E-state index in [0.29, 0.717) is 30.8 Å². The number of ketones is 1. The summed E-state index contributed by atoms with van der Waals surface area (Å²) in [6.45, 7) is 2.73. The molecule has 146 valence electrons. The number of nitrogens with zero attached hydrogens (tertiary/aromatic N) is 1. The summed E-state index contributed by atoms with van der Waals surface area (Å²) in [5.74, 6) is -0.0623. The normalized spacial score (nSPS) is 15.9. The van der Waals surface area contributed by atoms with Crippen molar-refractivity contribution in [2.75, 3.05) is 25.5 Å². The highest BCUT2D eigenvalue weighted by atomic mass is 16.5. The van der Waals surface area contributed by atoms with Gasteiger partial charge >= 0.3 is 12.0 Å². The molecule has 1 N–H and O–H groups in total. The molecule has 0 radical (unpaired) electrons. The van der Waals surface area contributed by atoms with E-state index in [1.165, 1.54) is 7.11 Å². The molecule has 0 spiro atoms. The van der Waals surface area contributed by atoms with Crippen molar-refractivity contribution in [3.8, 4) is 11.1 Å². The first-order valence-electron chi connectivity index (χ1n) is 9.30. The summed E-state index contributed by atoms with van der Waals surface area (Å²) in [5, 5.41) is 2.90. The zero-order valence-electron chi connectivity index (χ0n) is 16.1. The van der Waals surface area contributed by atoms with Crippen LogP contribution < -0.4 is 5.32 Å². The van der Waals surface area contributed by atoms with Crippen molar-refractivity contribution in [2.24, 2.45) is 5.92 Å². The van der Waals surface area contributed by atoms with E-state index in [1.807, 2.05) is 42.5 Å². The molecule has 1 aliphatic rings. The molecule has 1 heterocycles. The Balaban J connectivity index is 1.60. The fourth-order valence-electron chi connectivity index (χ4n) is 3.37. The molecule has 0 saturated carbocycles. The third-order valence-corrected chi connectivity index (χ3v) is 4.99. The minimum Gasteiger partial charge on any atom is -0.469 e. The molecule has 0 aromatic heterocycles. The molecule has 2 amide bonds. The van der Waals surface area contributed by atoms with E-state index < -0.39 is 0 Å². The third-order valence-electron chi connectivity index (χ3n) is 4.99. The molecule has 1 fully saturated rings. The lowest BCUT2D eigenvalue weighted by molar-refractivity contribution is -0.141. The summed E-state index contributed by atoms with van der Waals surface area (Å²) in [7, 11) is 1.38. The van der Waals surface area contributed by atoms with Gasteiger partial charge in [0.15, 0.2) is 5.78 Å². The predicted octanol–water partition coefficient (Wildman–Crippen LogP) is 3.97. The van der Waals surface area contributed by atoms with E-state index in [9.17, 15) is 14.4 Å². The fourth-order valence-corrected chi connectivity index (χ4v) is 3.37. The van der Waals surface area contributed by atoms with Crippen molar-refractivity contribution in [2.45, 2.75) is 19.8 Å². The first kappa shape index (κ1) is 19.6. The Morgan fingerprint density at radius 2 is 1.86 bits per heavy atom. The van der Waals surface area contributed by atoms with Gasteiger partial charge in [-0.2, -0.15) is 0 Å². The van der Waals surface area contributed by atoms with Crippen molar-refractivity contribution in [3.05, 3.63) is 54.1 Å². The smallest absolute Gasteiger partial charge is 0.321 e. The number of methoxy groups -OCH3 is 1. The number of carbonyl (C=O) groups is 3. The SMILES string of the molecule is COC(=O)C[C@H]1CCN(C(=O)Nc2ccc(-c3cccc(C(C)=O)c3)cc2)C1. The van der Waals surface area contributed by atoms with Crippen LogP contribution in [0, 0.1) is 5.92 Å². The van der Waals surface area contributed by atoms with Crippen molar-refractivity contribution in [3.63, 3.8) is 0 Å². The second-order valence-corrected chi connectivity index (χ2v) is 7.03. The maximum absolute atomic E-state index is 12.5. The van der Waals surface area contributed by atoms with E-state index in [1.54, 1.807) is 17.9 Å². The van der Waals surface area contributed by atoms with E-state index >= 15 is 0 Å². The highest BCUT2D eigenvalue weighted by Gasteiger charge is 2.28. The topological polar surface area (TPSA) is 75.7 Å². The van der Waals surface area contributed by atoms with Crippen LogP contribution in [0.15, 0.2) is 48.5 Å². The molecular formula is C22H24N2O4. The number of esters is 1. The molecule has 3 rings (SSSR count). The molecule has 0 aliphatic carbocycles. The maximum Gasteiger partial charge on any atom is 0.321 e. The van der Waals surface area contributed by atoms with Crippen molar-refractivity contribution < 1.29 is 19.1 Å². The average molecular weight is 380 g/mol.